The second-order valence-corrected chi connectivity index (χ2v) is 8.36. The predicted molar refractivity (Wildman–Crippen MR) is 83.7 cm³/mol. The van der Waals surface area contributed by atoms with E-state index in [-0.39, 0.29) is 17.3 Å². The number of ether oxygens (including phenoxy) is 1. The minimum Gasteiger partial charge on any atom is -0.460 e. The molecule has 0 spiro atoms. The Balaban J connectivity index is 2.18. The van der Waals surface area contributed by atoms with Crippen molar-refractivity contribution in [1.29, 1.82) is 0 Å². The third kappa shape index (κ3) is 4.01. The van der Waals surface area contributed by atoms with Crippen molar-refractivity contribution in [3.63, 3.8) is 0 Å². The van der Waals surface area contributed by atoms with Gasteiger partial charge in [-0.3, -0.25) is 4.79 Å². The Hall–Kier alpha value is -1.53. The topological polar surface area (TPSA) is 73.6 Å². The van der Waals surface area contributed by atoms with Gasteiger partial charge in [-0.1, -0.05) is 11.6 Å². The van der Waals surface area contributed by atoms with Crippen LogP contribution in [0.15, 0.2) is 34.0 Å². The fraction of sp³-hybridized carbons (Fsp3) is 0.400. The van der Waals surface area contributed by atoms with E-state index >= 15 is 0 Å². The molecule has 0 radical (unpaired) electrons. The van der Waals surface area contributed by atoms with E-state index in [1.165, 1.54) is 6.26 Å². The number of hydrogen-bond acceptors (Lipinski definition) is 5. The predicted octanol–water partition coefficient (Wildman–Crippen LogP) is 3.59. The molecule has 0 aliphatic carbocycles. The normalized spacial score (nSPS) is 12.5. The van der Waals surface area contributed by atoms with Gasteiger partial charge in [0, 0.05) is 15.8 Å². The first-order chi connectivity index (χ1) is 10.1. The van der Waals surface area contributed by atoms with Crippen LogP contribution < -0.4 is 0 Å². The molecule has 7 heteroatoms. The van der Waals surface area contributed by atoms with Gasteiger partial charge in [-0.15, -0.1) is 0 Å². The monoisotopic (exact) mass is 344 g/mol. The summed E-state index contributed by atoms with van der Waals surface area (Å²) in [5.41, 5.74) is -0.644. The Kier molecular flexibility index (Phi) is 4.54. The van der Waals surface area contributed by atoms with Gasteiger partial charge in [0.1, 0.15) is 11.9 Å². The van der Waals surface area contributed by atoms with E-state index in [0.29, 0.717) is 15.8 Å². The molecule has 0 atom stereocenters. The van der Waals surface area contributed by atoms with Gasteiger partial charge < -0.3 is 9.15 Å². The second-order valence-electron chi connectivity index (χ2n) is 5.91. The summed E-state index contributed by atoms with van der Waals surface area (Å²) in [6, 6.07) is 4.79. The van der Waals surface area contributed by atoms with E-state index in [4.69, 9.17) is 20.8 Å². The number of rotatable bonds is 4. The highest BCUT2D eigenvalue weighted by Crippen LogP contribution is 2.28. The molecule has 0 bridgehead atoms. The molecule has 0 saturated carbocycles. The lowest BCUT2D eigenvalue weighted by Crippen LogP contribution is -2.25. The number of hydrogen-bond donors (Lipinski definition) is 0. The largest absolute Gasteiger partial charge is 0.460 e. The van der Waals surface area contributed by atoms with Gasteiger partial charge >= 0.3 is 5.97 Å². The van der Waals surface area contributed by atoms with Crippen LogP contribution in [0.3, 0.4) is 0 Å². The van der Waals surface area contributed by atoms with Crippen LogP contribution >= 0.6 is 11.6 Å². The van der Waals surface area contributed by atoms with Gasteiger partial charge in [-0.2, -0.15) is 0 Å². The van der Waals surface area contributed by atoms with Crippen molar-refractivity contribution in [1.82, 2.24) is 0 Å². The van der Waals surface area contributed by atoms with Crippen LogP contribution in [-0.4, -0.2) is 25.7 Å². The Labute approximate surface area is 134 Å². The van der Waals surface area contributed by atoms with Crippen molar-refractivity contribution in [2.75, 3.05) is 5.75 Å². The van der Waals surface area contributed by atoms with Gasteiger partial charge in [0.25, 0.3) is 0 Å². The lowest BCUT2D eigenvalue weighted by molar-refractivity contribution is -0.154. The zero-order valence-electron chi connectivity index (χ0n) is 12.6. The van der Waals surface area contributed by atoms with Crippen molar-refractivity contribution < 1.29 is 22.4 Å². The van der Waals surface area contributed by atoms with Crippen LogP contribution in [0.2, 0.25) is 5.02 Å². The summed E-state index contributed by atoms with van der Waals surface area (Å²) in [6.07, 6.45) is 1.11. The van der Waals surface area contributed by atoms with Crippen molar-refractivity contribution in [3.05, 3.63) is 29.5 Å². The fourth-order valence-corrected chi connectivity index (χ4v) is 3.46. The number of halogens is 1. The van der Waals surface area contributed by atoms with E-state index in [2.05, 4.69) is 0 Å². The molecule has 2 aromatic rings. The van der Waals surface area contributed by atoms with Crippen LogP contribution in [0, 0.1) is 0 Å². The first kappa shape index (κ1) is 16.8. The Morgan fingerprint density at radius 2 is 2.00 bits per heavy atom. The van der Waals surface area contributed by atoms with Crippen LogP contribution in [0.5, 0.6) is 0 Å². The Morgan fingerprint density at radius 3 is 2.64 bits per heavy atom. The van der Waals surface area contributed by atoms with Gasteiger partial charge in [-0.25, -0.2) is 8.42 Å². The fourth-order valence-electron chi connectivity index (χ4n) is 1.94. The zero-order valence-corrected chi connectivity index (χ0v) is 14.1. The summed E-state index contributed by atoms with van der Waals surface area (Å²) in [4.78, 5) is 11.6. The molecule has 0 aliphatic heterocycles. The number of carbonyl (C=O) groups excluding carboxylic acids is 1. The minimum absolute atomic E-state index is 0.150. The van der Waals surface area contributed by atoms with E-state index in [1.807, 2.05) is 0 Å². The first-order valence-electron chi connectivity index (χ1n) is 6.70. The highest BCUT2D eigenvalue weighted by Gasteiger charge is 2.25. The number of sulfone groups is 1. The average molecular weight is 345 g/mol. The molecule has 0 N–H and O–H groups in total. The maximum atomic E-state index is 12.3. The minimum atomic E-state index is -3.72. The summed E-state index contributed by atoms with van der Waals surface area (Å²) in [6.45, 7) is 5.18. The number of fused-ring (bicyclic) bond motifs is 1. The molecule has 0 saturated heterocycles. The van der Waals surface area contributed by atoms with E-state index in [0.717, 1.165) is 0 Å². The van der Waals surface area contributed by atoms with Crippen LogP contribution in [-0.2, 0) is 19.4 Å². The van der Waals surface area contributed by atoms with Crippen molar-refractivity contribution in [2.45, 2.75) is 37.9 Å². The molecular formula is C15H17ClO5S. The van der Waals surface area contributed by atoms with Crippen molar-refractivity contribution >= 4 is 38.2 Å². The molecule has 0 amide bonds. The SMILES string of the molecule is CC(C)(C)OC(=O)CCS(=O)(=O)c1occ2cc(Cl)ccc12. The number of carbonyl (C=O) groups is 1. The molecule has 22 heavy (non-hydrogen) atoms. The zero-order chi connectivity index (χ0) is 16.5. The standard InChI is InChI=1S/C15H17ClO5S/c1-15(2,3)21-13(17)6-7-22(18,19)14-12-5-4-11(16)8-10(12)9-20-14/h4-5,8-9H,6-7H2,1-3H3. The second kappa shape index (κ2) is 5.93. The highest BCUT2D eigenvalue weighted by molar-refractivity contribution is 7.91. The summed E-state index contributed by atoms with van der Waals surface area (Å²) in [5.74, 6) is -0.928. The highest BCUT2D eigenvalue weighted by atomic mass is 35.5. The van der Waals surface area contributed by atoms with Crippen molar-refractivity contribution in [2.24, 2.45) is 0 Å². The Bertz CT molecular complexity index is 799. The number of benzene rings is 1. The number of esters is 1. The molecule has 0 fully saturated rings. The molecule has 1 heterocycles. The van der Waals surface area contributed by atoms with Gasteiger partial charge in [0.2, 0.25) is 14.9 Å². The van der Waals surface area contributed by atoms with Crippen LogP contribution in [0.4, 0.5) is 0 Å². The average Bonchev–Trinajstić information content (AvgIpc) is 2.78. The maximum absolute atomic E-state index is 12.3. The van der Waals surface area contributed by atoms with Gasteiger partial charge in [0.05, 0.1) is 12.2 Å². The van der Waals surface area contributed by atoms with E-state index < -0.39 is 21.4 Å². The molecule has 0 unspecified atom stereocenters. The summed E-state index contributed by atoms with van der Waals surface area (Å²) in [7, 11) is -3.72. The summed E-state index contributed by atoms with van der Waals surface area (Å²) >= 11 is 5.85. The van der Waals surface area contributed by atoms with Crippen molar-refractivity contribution in [3.8, 4) is 0 Å². The van der Waals surface area contributed by atoms with Crippen LogP contribution in [0.25, 0.3) is 10.8 Å². The van der Waals surface area contributed by atoms with E-state index in [1.54, 1.807) is 39.0 Å². The number of furan rings is 1. The molecule has 120 valence electrons. The Morgan fingerprint density at radius 1 is 1.32 bits per heavy atom. The molecule has 2 rings (SSSR count). The third-order valence-corrected chi connectivity index (χ3v) is 4.66. The molecule has 1 aromatic carbocycles. The quantitative estimate of drug-likeness (QED) is 0.792. The summed E-state index contributed by atoms with van der Waals surface area (Å²) in [5, 5.41) is 1.39. The lowest BCUT2D eigenvalue weighted by Gasteiger charge is -2.19. The van der Waals surface area contributed by atoms with Gasteiger partial charge in [-0.05, 0) is 39.0 Å². The first-order valence-corrected chi connectivity index (χ1v) is 8.73. The van der Waals surface area contributed by atoms with E-state index in [9.17, 15) is 13.2 Å². The molecular weight excluding hydrogens is 328 g/mol. The summed E-state index contributed by atoms with van der Waals surface area (Å²) < 4.78 is 34.9. The maximum Gasteiger partial charge on any atom is 0.307 e. The smallest absolute Gasteiger partial charge is 0.307 e. The molecule has 5 nitrogen and oxygen atoms in total. The van der Waals surface area contributed by atoms with Crippen LogP contribution in [0.1, 0.15) is 27.2 Å². The third-order valence-electron chi connectivity index (χ3n) is 2.80. The molecule has 0 aliphatic rings. The molecule has 1 aromatic heterocycles. The van der Waals surface area contributed by atoms with Gasteiger partial charge in [0.15, 0.2) is 0 Å². The lowest BCUT2D eigenvalue weighted by atomic mass is 10.2.